The minimum atomic E-state index is -0.782. The molecule has 0 saturated heterocycles. The van der Waals surface area contributed by atoms with Crippen LogP contribution in [0.4, 0.5) is 0 Å². The van der Waals surface area contributed by atoms with E-state index in [1.54, 1.807) is 27.7 Å². The van der Waals surface area contributed by atoms with Crippen LogP contribution in [-0.2, 0) is 11.3 Å². The van der Waals surface area contributed by atoms with Gasteiger partial charge in [-0.05, 0) is 39.8 Å². The fourth-order valence-corrected chi connectivity index (χ4v) is 2.46. The lowest BCUT2D eigenvalue weighted by molar-refractivity contribution is -0.789. The Morgan fingerprint density at radius 3 is 1.89 bits per heavy atom. The van der Waals surface area contributed by atoms with Crippen molar-refractivity contribution in [3.63, 3.8) is 0 Å². The van der Waals surface area contributed by atoms with Crippen LogP contribution in [-0.4, -0.2) is 19.9 Å². The van der Waals surface area contributed by atoms with Crippen LogP contribution in [0.2, 0.25) is 0 Å². The quantitative estimate of drug-likeness (QED) is 0.264. The molecule has 0 bridgehead atoms. The van der Waals surface area contributed by atoms with Gasteiger partial charge in [-0.2, -0.15) is 10.2 Å². The molecule has 0 fully saturated rings. The van der Waals surface area contributed by atoms with Crippen LogP contribution in [0.5, 0.6) is 0 Å². The molecule has 2 aromatic rings. The maximum Gasteiger partial charge on any atom is 0.237 e. The standard InChI is InChI=1S/C18H28Cl2N7/c1-15(2,19)21-23-17(5,6)26-13-11-9-10-12-14(13)27(25-26)18(7,8)24-22-16(3,4)20/h9-12H,1-8H3/q+1/b23-21+,24-22+. The Bertz CT molecular complexity index is 798. The number of para-hydroxylation sites is 2. The van der Waals surface area contributed by atoms with Crippen molar-refractivity contribution in [2.75, 3.05) is 0 Å². The van der Waals surface area contributed by atoms with Crippen LogP contribution in [0.3, 0.4) is 0 Å². The highest BCUT2D eigenvalue weighted by Gasteiger charge is 2.38. The van der Waals surface area contributed by atoms with Gasteiger partial charge >= 0.3 is 0 Å². The van der Waals surface area contributed by atoms with Crippen molar-refractivity contribution >= 4 is 34.2 Å². The van der Waals surface area contributed by atoms with E-state index >= 15 is 0 Å². The third-order valence-electron chi connectivity index (χ3n) is 3.62. The largest absolute Gasteiger partial charge is 0.237 e. The van der Waals surface area contributed by atoms with Crippen molar-refractivity contribution in [1.29, 1.82) is 0 Å². The molecule has 1 aromatic heterocycles. The van der Waals surface area contributed by atoms with E-state index in [-0.39, 0.29) is 0 Å². The van der Waals surface area contributed by atoms with Gasteiger partial charge in [0.2, 0.25) is 22.4 Å². The number of aromatic nitrogens is 3. The Hall–Kier alpha value is -1.60. The third-order valence-corrected chi connectivity index (χ3v) is 3.77. The van der Waals surface area contributed by atoms with E-state index in [2.05, 4.69) is 20.5 Å². The average Bonchev–Trinajstić information content (AvgIpc) is 2.91. The summed E-state index contributed by atoms with van der Waals surface area (Å²) in [4.78, 5) is -1.56. The van der Waals surface area contributed by atoms with Crippen molar-refractivity contribution in [2.45, 2.75) is 76.7 Å². The lowest BCUT2D eigenvalue weighted by Crippen LogP contribution is -2.54. The van der Waals surface area contributed by atoms with Crippen molar-refractivity contribution in [3.8, 4) is 0 Å². The van der Waals surface area contributed by atoms with E-state index < -0.39 is 21.3 Å². The smallest absolute Gasteiger partial charge is 0.167 e. The van der Waals surface area contributed by atoms with E-state index in [9.17, 15) is 0 Å². The first-order valence-electron chi connectivity index (χ1n) is 8.79. The van der Waals surface area contributed by atoms with Crippen molar-refractivity contribution in [1.82, 2.24) is 9.90 Å². The normalized spacial score (nSPS) is 14.7. The molecule has 0 N–H and O–H groups in total. The van der Waals surface area contributed by atoms with E-state index in [4.69, 9.17) is 28.4 Å². The first-order valence-corrected chi connectivity index (χ1v) is 9.55. The number of nitrogens with zero attached hydrogens (tertiary/aromatic N) is 7. The van der Waals surface area contributed by atoms with Crippen molar-refractivity contribution < 1.29 is 4.68 Å². The van der Waals surface area contributed by atoms with E-state index in [1.807, 2.05) is 61.3 Å². The molecule has 0 amide bonds. The molecule has 0 spiro atoms. The van der Waals surface area contributed by atoms with Gasteiger partial charge < -0.3 is 0 Å². The Morgan fingerprint density at radius 2 is 1.33 bits per heavy atom. The SMILES string of the molecule is CC(C)(Cl)/N=N/C(C)(C)n1n[n+](C(C)(C)/N=N/C(C)(C)Cl)c2ccccc21. The second-order valence-corrected chi connectivity index (χ2v) is 10.3. The van der Waals surface area contributed by atoms with Crippen molar-refractivity contribution in [3.05, 3.63) is 24.3 Å². The molecule has 0 radical (unpaired) electrons. The molecule has 1 aromatic carbocycles. The number of alkyl halides is 2. The second kappa shape index (κ2) is 7.09. The van der Waals surface area contributed by atoms with Crippen LogP contribution in [0.15, 0.2) is 44.7 Å². The Labute approximate surface area is 170 Å². The van der Waals surface area contributed by atoms with Crippen LogP contribution in [0.1, 0.15) is 55.4 Å². The zero-order chi connectivity index (χ0) is 20.7. The lowest BCUT2D eigenvalue weighted by atomic mass is 10.2. The van der Waals surface area contributed by atoms with Gasteiger partial charge in [0.1, 0.15) is 10.00 Å². The van der Waals surface area contributed by atoms with Crippen LogP contribution >= 0.6 is 23.2 Å². The molecular formula is C18H28Cl2N7+. The molecule has 0 aliphatic rings. The summed E-state index contributed by atoms with van der Waals surface area (Å²) < 4.78 is 3.63. The molecule has 0 aliphatic carbocycles. The summed E-state index contributed by atoms with van der Waals surface area (Å²) in [6.07, 6.45) is 0. The van der Waals surface area contributed by atoms with Gasteiger partial charge in [-0.3, -0.25) is 0 Å². The van der Waals surface area contributed by atoms with E-state index in [0.717, 1.165) is 11.0 Å². The van der Waals surface area contributed by atoms with Gasteiger partial charge in [-0.25, -0.2) is 0 Å². The number of halogens is 2. The number of rotatable bonds is 6. The zero-order valence-electron chi connectivity index (χ0n) is 17.2. The number of benzene rings is 1. The highest BCUT2D eigenvalue weighted by atomic mass is 35.5. The topological polar surface area (TPSA) is 71.1 Å². The summed E-state index contributed by atoms with van der Waals surface area (Å²) in [5.41, 5.74) is 0.330. The lowest BCUT2D eigenvalue weighted by Gasteiger charge is -2.17. The molecule has 27 heavy (non-hydrogen) atoms. The van der Waals surface area contributed by atoms with Crippen molar-refractivity contribution in [2.24, 2.45) is 20.5 Å². The van der Waals surface area contributed by atoms with Gasteiger partial charge in [-0.1, -0.05) is 35.3 Å². The molecule has 7 nitrogen and oxygen atoms in total. The summed E-state index contributed by atoms with van der Waals surface area (Å²) in [6.45, 7) is 14.9. The number of azo groups is 2. The number of fused-ring (bicyclic) bond motifs is 1. The summed E-state index contributed by atoms with van der Waals surface area (Å²) in [5.74, 6) is 0. The molecule has 9 heteroatoms. The van der Waals surface area contributed by atoms with Crippen LogP contribution < -0.4 is 4.68 Å². The first kappa shape index (κ1) is 21.7. The number of hydrogen-bond donors (Lipinski definition) is 0. The molecule has 0 atom stereocenters. The molecule has 148 valence electrons. The number of hydrogen-bond acceptors (Lipinski definition) is 5. The predicted molar refractivity (Wildman–Crippen MR) is 108 cm³/mol. The van der Waals surface area contributed by atoms with Gasteiger partial charge in [-0.15, -0.1) is 19.6 Å². The molecule has 2 rings (SSSR count). The summed E-state index contributed by atoms with van der Waals surface area (Å²) >= 11 is 12.3. The summed E-state index contributed by atoms with van der Waals surface area (Å²) in [7, 11) is 0. The molecule has 0 saturated carbocycles. The van der Waals surface area contributed by atoms with Gasteiger partial charge in [0.15, 0.2) is 0 Å². The molecular weight excluding hydrogens is 385 g/mol. The van der Waals surface area contributed by atoms with Gasteiger partial charge in [0.05, 0.1) is 5.21 Å². The average molecular weight is 413 g/mol. The second-order valence-electron chi connectivity index (χ2n) is 8.41. The zero-order valence-corrected chi connectivity index (χ0v) is 18.7. The maximum absolute atomic E-state index is 6.17. The fraction of sp³-hybridized carbons (Fsp3) is 0.667. The Kier molecular flexibility index (Phi) is 5.70. The van der Waals surface area contributed by atoms with Gasteiger partial charge in [0.25, 0.3) is 0 Å². The minimum Gasteiger partial charge on any atom is -0.167 e. The predicted octanol–water partition coefficient (Wildman–Crippen LogP) is 5.56. The Morgan fingerprint density at radius 1 is 0.815 bits per heavy atom. The summed E-state index contributed by atoms with van der Waals surface area (Å²) in [6, 6.07) is 7.89. The van der Waals surface area contributed by atoms with Crippen LogP contribution in [0, 0.1) is 0 Å². The fourth-order valence-electron chi connectivity index (χ4n) is 2.38. The third kappa shape index (κ3) is 5.45. The monoisotopic (exact) mass is 412 g/mol. The van der Waals surface area contributed by atoms with E-state index in [0.29, 0.717) is 0 Å². The molecule has 1 heterocycles. The molecule has 0 unspecified atom stereocenters. The Balaban J connectivity index is 2.62. The highest BCUT2D eigenvalue weighted by Crippen LogP contribution is 2.26. The highest BCUT2D eigenvalue weighted by molar-refractivity contribution is 6.23. The summed E-state index contributed by atoms with van der Waals surface area (Å²) in [5, 5.41) is 22.1. The van der Waals surface area contributed by atoms with Crippen LogP contribution in [0.25, 0.3) is 11.0 Å². The molecule has 0 aliphatic heterocycles. The maximum atomic E-state index is 6.17. The van der Waals surface area contributed by atoms with E-state index in [1.165, 1.54) is 0 Å². The first-order chi connectivity index (χ1) is 12.1. The van der Waals surface area contributed by atoms with Gasteiger partial charge in [0, 0.05) is 27.7 Å². The minimum absolute atomic E-state index is 0.740.